The third kappa shape index (κ3) is 18.1. The Morgan fingerprint density at radius 1 is 0.821 bits per heavy atom. The summed E-state index contributed by atoms with van der Waals surface area (Å²) in [6, 6.07) is 0. The van der Waals surface area contributed by atoms with Crippen molar-refractivity contribution in [2.24, 2.45) is 5.92 Å². The molecular formula is C24H44O4. The molecule has 0 amide bonds. The van der Waals surface area contributed by atoms with Gasteiger partial charge in [0.1, 0.15) is 0 Å². The van der Waals surface area contributed by atoms with Gasteiger partial charge in [-0.05, 0) is 32.1 Å². The van der Waals surface area contributed by atoms with Crippen molar-refractivity contribution in [1.82, 2.24) is 0 Å². The summed E-state index contributed by atoms with van der Waals surface area (Å²) >= 11 is 0. The first-order valence-corrected chi connectivity index (χ1v) is 11.6. The Bertz CT molecular complexity index is 403. The van der Waals surface area contributed by atoms with Crippen LogP contribution in [0.4, 0.5) is 0 Å². The normalized spacial score (nSPS) is 12.4. The van der Waals surface area contributed by atoms with Crippen LogP contribution in [0.1, 0.15) is 117 Å². The molecule has 0 fully saturated rings. The number of carboxylic acids is 1. The fourth-order valence-electron chi connectivity index (χ4n) is 3.36. The Balaban J connectivity index is 3.54. The molecule has 0 heterocycles. The van der Waals surface area contributed by atoms with Crippen LogP contribution in [0.15, 0.2) is 12.2 Å². The van der Waals surface area contributed by atoms with Crippen LogP contribution in [0.3, 0.4) is 0 Å². The summed E-state index contributed by atoms with van der Waals surface area (Å²) in [5.41, 5.74) is 0. The minimum absolute atomic E-state index is 0.114. The smallest absolute Gasteiger partial charge is 0.309 e. The van der Waals surface area contributed by atoms with E-state index in [9.17, 15) is 9.59 Å². The minimum Gasteiger partial charge on any atom is -0.481 e. The molecule has 0 saturated carbocycles. The lowest BCUT2D eigenvalue weighted by molar-refractivity contribution is -0.153. The number of unbranched alkanes of at least 4 members (excludes halogenated alkanes) is 11. The number of esters is 1. The Hall–Kier alpha value is -1.32. The van der Waals surface area contributed by atoms with Crippen LogP contribution in [-0.2, 0) is 14.3 Å². The molecule has 1 N–H and O–H groups in total. The van der Waals surface area contributed by atoms with Crippen molar-refractivity contribution in [2.45, 2.75) is 117 Å². The number of hydrogen-bond acceptors (Lipinski definition) is 3. The molecule has 0 aromatic rings. The number of rotatable bonds is 20. The molecule has 28 heavy (non-hydrogen) atoms. The van der Waals surface area contributed by atoms with Gasteiger partial charge in [0.15, 0.2) is 0 Å². The molecule has 4 heteroatoms. The summed E-state index contributed by atoms with van der Waals surface area (Å²) in [6.45, 7) is 4.49. The fraction of sp³-hybridized carbons (Fsp3) is 0.833. The maximum absolute atomic E-state index is 11.9. The highest BCUT2D eigenvalue weighted by molar-refractivity contribution is 5.79. The van der Waals surface area contributed by atoms with Gasteiger partial charge in [-0.3, -0.25) is 9.59 Å². The van der Waals surface area contributed by atoms with Gasteiger partial charge in [0.2, 0.25) is 0 Å². The molecule has 0 aliphatic carbocycles. The molecule has 0 aromatic carbocycles. The highest BCUT2D eigenvalue weighted by Gasteiger charge is 2.22. The van der Waals surface area contributed by atoms with Crippen molar-refractivity contribution in [3.63, 3.8) is 0 Å². The van der Waals surface area contributed by atoms with Gasteiger partial charge in [0.05, 0.1) is 18.9 Å². The van der Waals surface area contributed by atoms with Gasteiger partial charge in [-0.25, -0.2) is 0 Å². The molecular weight excluding hydrogens is 352 g/mol. The molecule has 0 aliphatic rings. The molecule has 1 unspecified atom stereocenters. The van der Waals surface area contributed by atoms with Crippen molar-refractivity contribution >= 4 is 11.9 Å². The van der Waals surface area contributed by atoms with E-state index in [1.165, 1.54) is 64.2 Å². The lowest BCUT2D eigenvalue weighted by atomic mass is 9.97. The van der Waals surface area contributed by atoms with Crippen LogP contribution in [0.2, 0.25) is 0 Å². The van der Waals surface area contributed by atoms with Crippen LogP contribution in [0.25, 0.3) is 0 Å². The Kier molecular flexibility index (Phi) is 19.5. The number of aliphatic carboxylic acids is 1. The first-order chi connectivity index (χ1) is 13.6. The van der Waals surface area contributed by atoms with E-state index in [0.29, 0.717) is 13.0 Å². The van der Waals surface area contributed by atoms with Gasteiger partial charge < -0.3 is 9.84 Å². The minimum atomic E-state index is -0.920. The van der Waals surface area contributed by atoms with Crippen LogP contribution >= 0.6 is 0 Å². The van der Waals surface area contributed by atoms with Gasteiger partial charge in [-0.2, -0.15) is 0 Å². The summed E-state index contributed by atoms with van der Waals surface area (Å²) in [5.74, 6) is -1.75. The molecule has 0 aromatic heterocycles. The number of ether oxygens (including phenoxy) is 1. The van der Waals surface area contributed by atoms with Crippen molar-refractivity contribution in [2.75, 3.05) is 6.61 Å². The van der Waals surface area contributed by atoms with E-state index in [-0.39, 0.29) is 12.4 Å². The standard InChI is InChI=1S/C24H44O4/c1-3-5-6-7-8-9-10-11-12-13-14-15-16-17-18-19-22(21-23(25)26)24(27)28-20-4-2/h5-6,22H,3-4,7-21H2,1-2H3,(H,25,26)/b6-5+. The summed E-state index contributed by atoms with van der Waals surface area (Å²) in [7, 11) is 0. The summed E-state index contributed by atoms with van der Waals surface area (Å²) in [6.07, 6.45) is 22.0. The number of hydrogen-bond donors (Lipinski definition) is 1. The fourth-order valence-corrected chi connectivity index (χ4v) is 3.36. The maximum atomic E-state index is 11.9. The zero-order valence-corrected chi connectivity index (χ0v) is 18.4. The lowest BCUT2D eigenvalue weighted by Gasteiger charge is -2.13. The van der Waals surface area contributed by atoms with Crippen molar-refractivity contribution in [1.29, 1.82) is 0 Å². The summed E-state index contributed by atoms with van der Waals surface area (Å²) in [5, 5.41) is 8.97. The second-order valence-electron chi connectivity index (χ2n) is 7.81. The van der Waals surface area contributed by atoms with Crippen LogP contribution in [0, 0.1) is 5.92 Å². The first-order valence-electron chi connectivity index (χ1n) is 11.6. The quantitative estimate of drug-likeness (QED) is 0.136. The van der Waals surface area contributed by atoms with Gasteiger partial charge in [0.25, 0.3) is 0 Å². The van der Waals surface area contributed by atoms with E-state index in [4.69, 9.17) is 9.84 Å². The van der Waals surface area contributed by atoms with Gasteiger partial charge >= 0.3 is 11.9 Å². The van der Waals surface area contributed by atoms with Crippen LogP contribution < -0.4 is 0 Å². The summed E-state index contributed by atoms with van der Waals surface area (Å²) < 4.78 is 5.12. The van der Waals surface area contributed by atoms with E-state index in [1.807, 2.05) is 6.92 Å². The third-order valence-electron chi connectivity index (χ3n) is 5.03. The predicted molar refractivity (Wildman–Crippen MR) is 116 cm³/mol. The molecule has 0 rings (SSSR count). The molecule has 4 nitrogen and oxygen atoms in total. The Labute approximate surface area is 173 Å². The van der Waals surface area contributed by atoms with Crippen LogP contribution in [0.5, 0.6) is 0 Å². The highest BCUT2D eigenvalue weighted by atomic mass is 16.5. The van der Waals surface area contributed by atoms with E-state index >= 15 is 0 Å². The summed E-state index contributed by atoms with van der Waals surface area (Å²) in [4.78, 5) is 22.9. The van der Waals surface area contributed by atoms with E-state index < -0.39 is 11.9 Å². The molecule has 0 bridgehead atoms. The van der Waals surface area contributed by atoms with Gasteiger partial charge in [0, 0.05) is 0 Å². The number of allylic oxidation sites excluding steroid dienone is 2. The second kappa shape index (κ2) is 20.4. The topological polar surface area (TPSA) is 63.6 Å². The Morgan fingerprint density at radius 3 is 1.86 bits per heavy atom. The first kappa shape index (κ1) is 26.7. The van der Waals surface area contributed by atoms with Crippen molar-refractivity contribution in [3.05, 3.63) is 12.2 Å². The van der Waals surface area contributed by atoms with Gasteiger partial charge in [-0.1, -0.05) is 90.2 Å². The van der Waals surface area contributed by atoms with Gasteiger partial charge in [-0.15, -0.1) is 0 Å². The Morgan fingerprint density at radius 2 is 1.36 bits per heavy atom. The molecule has 164 valence electrons. The molecule has 1 atom stereocenters. The monoisotopic (exact) mass is 396 g/mol. The SMILES string of the molecule is CC/C=C/CCCCCCCCCCCCCC(CC(=O)O)C(=O)OCCC. The van der Waals surface area contributed by atoms with Crippen molar-refractivity contribution < 1.29 is 19.4 Å². The molecule has 0 aliphatic heterocycles. The molecule has 0 spiro atoms. The van der Waals surface area contributed by atoms with E-state index in [0.717, 1.165) is 25.7 Å². The predicted octanol–water partition coefficient (Wildman–Crippen LogP) is 7.07. The number of carbonyl (C=O) groups excluding carboxylic acids is 1. The number of carbonyl (C=O) groups is 2. The van der Waals surface area contributed by atoms with Crippen molar-refractivity contribution in [3.8, 4) is 0 Å². The zero-order chi connectivity index (χ0) is 20.9. The zero-order valence-electron chi connectivity index (χ0n) is 18.4. The van der Waals surface area contributed by atoms with Crippen LogP contribution in [-0.4, -0.2) is 23.7 Å². The third-order valence-corrected chi connectivity index (χ3v) is 5.03. The largest absolute Gasteiger partial charge is 0.481 e. The number of carboxylic acid groups (broad SMARTS) is 1. The average molecular weight is 397 g/mol. The van der Waals surface area contributed by atoms with E-state index in [2.05, 4.69) is 19.1 Å². The second-order valence-corrected chi connectivity index (χ2v) is 7.81. The molecule has 0 saturated heterocycles. The lowest BCUT2D eigenvalue weighted by Crippen LogP contribution is -2.21. The highest BCUT2D eigenvalue weighted by Crippen LogP contribution is 2.18. The van der Waals surface area contributed by atoms with E-state index in [1.54, 1.807) is 0 Å². The maximum Gasteiger partial charge on any atom is 0.309 e. The average Bonchev–Trinajstić information content (AvgIpc) is 2.67. The molecule has 0 radical (unpaired) electrons.